The van der Waals surface area contributed by atoms with Gasteiger partial charge in [-0.05, 0) is 49.2 Å². The Kier molecular flexibility index (Phi) is 6.39. The van der Waals surface area contributed by atoms with Crippen LogP contribution in [0.5, 0.6) is 0 Å². The predicted molar refractivity (Wildman–Crippen MR) is 111 cm³/mol. The van der Waals surface area contributed by atoms with Crippen LogP contribution in [0.4, 0.5) is 5.69 Å². The van der Waals surface area contributed by atoms with Crippen molar-refractivity contribution in [1.82, 2.24) is 9.55 Å². The minimum absolute atomic E-state index is 0.124. The molecular weight excluding hydrogens is 370 g/mol. The average molecular weight is 393 g/mol. The van der Waals surface area contributed by atoms with E-state index >= 15 is 0 Å². The second-order valence-electron chi connectivity index (χ2n) is 6.73. The Balaban J connectivity index is 1.60. The molecule has 29 heavy (non-hydrogen) atoms. The largest absolute Gasteiger partial charge is 0.462 e. The number of hydrogen-bond acceptors (Lipinski definition) is 5. The number of nitrogens with zero attached hydrogens (tertiary/aromatic N) is 2. The molecule has 1 amide bonds. The van der Waals surface area contributed by atoms with Gasteiger partial charge in [0.1, 0.15) is 0 Å². The first-order chi connectivity index (χ1) is 14.0. The molecule has 0 saturated heterocycles. The summed E-state index contributed by atoms with van der Waals surface area (Å²) in [6.07, 6.45) is 2.36. The van der Waals surface area contributed by atoms with Crippen LogP contribution in [0.15, 0.2) is 53.6 Å². The lowest BCUT2D eigenvalue weighted by Gasteiger charge is -2.09. The monoisotopic (exact) mass is 393 g/mol. The number of carbonyl (C=O) groups excluding carboxylic acids is 2. The van der Waals surface area contributed by atoms with Crippen LogP contribution in [0.2, 0.25) is 0 Å². The number of anilines is 1. The van der Waals surface area contributed by atoms with Crippen LogP contribution >= 0.6 is 0 Å². The lowest BCUT2D eigenvalue weighted by atomic mass is 10.1. The number of aromatic nitrogens is 2. The van der Waals surface area contributed by atoms with Crippen molar-refractivity contribution in [3.8, 4) is 0 Å². The molecule has 0 aliphatic carbocycles. The predicted octanol–water partition coefficient (Wildman–Crippen LogP) is 3.30. The molecule has 1 N–H and O–H groups in total. The molecule has 150 valence electrons. The molecule has 0 atom stereocenters. The Bertz CT molecular complexity index is 1090. The summed E-state index contributed by atoms with van der Waals surface area (Å²) in [6, 6.07) is 12.0. The van der Waals surface area contributed by atoms with Gasteiger partial charge in [0.05, 0.1) is 29.4 Å². The van der Waals surface area contributed by atoms with Crippen LogP contribution in [0, 0.1) is 6.92 Å². The molecule has 0 radical (unpaired) electrons. The van der Waals surface area contributed by atoms with Crippen molar-refractivity contribution < 1.29 is 14.3 Å². The third-order valence-corrected chi connectivity index (χ3v) is 4.48. The van der Waals surface area contributed by atoms with E-state index in [1.165, 1.54) is 10.9 Å². The first-order valence-corrected chi connectivity index (χ1v) is 9.51. The van der Waals surface area contributed by atoms with Crippen molar-refractivity contribution in [2.75, 3.05) is 11.9 Å². The van der Waals surface area contributed by atoms with Gasteiger partial charge in [0.25, 0.3) is 5.56 Å². The number of ether oxygens (including phenoxy) is 1. The van der Waals surface area contributed by atoms with Gasteiger partial charge in [0.2, 0.25) is 5.91 Å². The number of para-hydroxylation sites is 1. The van der Waals surface area contributed by atoms with Crippen molar-refractivity contribution in [1.29, 1.82) is 0 Å². The number of rotatable bonds is 7. The van der Waals surface area contributed by atoms with Crippen molar-refractivity contribution in [2.24, 2.45) is 0 Å². The summed E-state index contributed by atoms with van der Waals surface area (Å²) in [5.41, 5.74) is 2.45. The summed E-state index contributed by atoms with van der Waals surface area (Å²) < 4.78 is 6.51. The van der Waals surface area contributed by atoms with Crippen LogP contribution in [0.3, 0.4) is 0 Å². The first kappa shape index (κ1) is 20.3. The number of benzene rings is 2. The van der Waals surface area contributed by atoms with E-state index in [-0.39, 0.29) is 30.4 Å². The lowest BCUT2D eigenvalue weighted by Crippen LogP contribution is -2.23. The molecule has 3 aromatic rings. The molecule has 2 aromatic carbocycles. The van der Waals surface area contributed by atoms with E-state index in [9.17, 15) is 14.4 Å². The summed E-state index contributed by atoms with van der Waals surface area (Å²) in [5, 5.41) is 3.30. The molecule has 1 heterocycles. The zero-order valence-corrected chi connectivity index (χ0v) is 16.5. The Morgan fingerprint density at radius 1 is 1.14 bits per heavy atom. The Labute approximate surface area is 168 Å². The SMILES string of the molecule is CCCOC(=O)c1ccc(NC(=O)CCn2cnc3c(C)cccc3c2=O)cc1. The molecule has 7 heteroatoms. The van der Waals surface area contributed by atoms with Crippen LogP contribution < -0.4 is 10.9 Å². The number of aryl methyl sites for hydroxylation is 2. The number of esters is 1. The van der Waals surface area contributed by atoms with E-state index in [2.05, 4.69) is 10.3 Å². The number of fused-ring (bicyclic) bond motifs is 1. The van der Waals surface area contributed by atoms with Crippen LogP contribution in [-0.4, -0.2) is 28.0 Å². The van der Waals surface area contributed by atoms with Gasteiger partial charge in [-0.25, -0.2) is 9.78 Å². The van der Waals surface area contributed by atoms with Gasteiger partial charge in [-0.1, -0.05) is 19.1 Å². The maximum atomic E-state index is 12.6. The summed E-state index contributed by atoms with van der Waals surface area (Å²) in [6.45, 7) is 4.43. The van der Waals surface area contributed by atoms with E-state index in [1.807, 2.05) is 26.0 Å². The zero-order valence-electron chi connectivity index (χ0n) is 16.5. The van der Waals surface area contributed by atoms with E-state index in [4.69, 9.17) is 4.74 Å². The number of amides is 1. The average Bonchev–Trinajstić information content (AvgIpc) is 2.72. The third kappa shape index (κ3) is 4.87. The van der Waals surface area contributed by atoms with Gasteiger partial charge < -0.3 is 10.1 Å². The highest BCUT2D eigenvalue weighted by Crippen LogP contribution is 2.13. The Morgan fingerprint density at radius 3 is 2.62 bits per heavy atom. The number of carbonyl (C=O) groups is 2. The van der Waals surface area contributed by atoms with E-state index in [0.29, 0.717) is 28.8 Å². The molecule has 0 spiro atoms. The smallest absolute Gasteiger partial charge is 0.338 e. The van der Waals surface area contributed by atoms with Gasteiger partial charge in [-0.3, -0.25) is 14.2 Å². The fourth-order valence-electron chi connectivity index (χ4n) is 2.91. The molecular formula is C22H23N3O4. The maximum absolute atomic E-state index is 12.6. The van der Waals surface area contributed by atoms with Gasteiger partial charge in [0, 0.05) is 18.7 Å². The summed E-state index contributed by atoms with van der Waals surface area (Å²) >= 11 is 0. The van der Waals surface area contributed by atoms with E-state index < -0.39 is 0 Å². The molecule has 3 rings (SSSR count). The number of hydrogen-bond donors (Lipinski definition) is 1. The highest BCUT2D eigenvalue weighted by atomic mass is 16.5. The van der Waals surface area contributed by atoms with Crippen molar-refractivity contribution >= 4 is 28.5 Å². The van der Waals surface area contributed by atoms with Gasteiger partial charge in [-0.15, -0.1) is 0 Å². The minimum Gasteiger partial charge on any atom is -0.462 e. The van der Waals surface area contributed by atoms with Crippen molar-refractivity contribution in [3.63, 3.8) is 0 Å². The molecule has 0 aliphatic rings. The van der Waals surface area contributed by atoms with Gasteiger partial charge in [-0.2, -0.15) is 0 Å². The maximum Gasteiger partial charge on any atom is 0.338 e. The van der Waals surface area contributed by atoms with Gasteiger partial charge >= 0.3 is 5.97 Å². The van der Waals surface area contributed by atoms with E-state index in [1.54, 1.807) is 30.3 Å². The summed E-state index contributed by atoms with van der Waals surface area (Å²) in [4.78, 5) is 40.9. The Hall–Kier alpha value is -3.48. The summed E-state index contributed by atoms with van der Waals surface area (Å²) in [7, 11) is 0. The quantitative estimate of drug-likeness (QED) is 0.622. The van der Waals surface area contributed by atoms with Crippen molar-refractivity contribution in [3.05, 3.63) is 70.3 Å². The lowest BCUT2D eigenvalue weighted by molar-refractivity contribution is -0.116. The third-order valence-electron chi connectivity index (χ3n) is 4.48. The second-order valence-corrected chi connectivity index (χ2v) is 6.73. The van der Waals surface area contributed by atoms with Crippen LogP contribution in [0.25, 0.3) is 10.9 Å². The molecule has 0 aliphatic heterocycles. The van der Waals surface area contributed by atoms with Crippen LogP contribution in [0.1, 0.15) is 35.7 Å². The minimum atomic E-state index is -0.386. The van der Waals surface area contributed by atoms with Crippen molar-refractivity contribution in [2.45, 2.75) is 33.2 Å². The van der Waals surface area contributed by atoms with E-state index in [0.717, 1.165) is 12.0 Å². The molecule has 0 bridgehead atoms. The topological polar surface area (TPSA) is 90.3 Å². The molecule has 0 saturated carbocycles. The van der Waals surface area contributed by atoms with Gasteiger partial charge in [0.15, 0.2) is 0 Å². The fraction of sp³-hybridized carbons (Fsp3) is 0.273. The fourth-order valence-corrected chi connectivity index (χ4v) is 2.91. The highest BCUT2D eigenvalue weighted by molar-refractivity contribution is 5.93. The molecule has 0 fully saturated rings. The first-order valence-electron chi connectivity index (χ1n) is 9.51. The second kappa shape index (κ2) is 9.14. The normalized spacial score (nSPS) is 10.7. The molecule has 1 aromatic heterocycles. The number of nitrogens with one attached hydrogen (secondary N) is 1. The summed E-state index contributed by atoms with van der Waals surface area (Å²) in [5.74, 6) is -0.620. The standard InChI is InChI=1S/C22H23N3O4/c1-3-13-29-22(28)16-7-9-17(10-8-16)24-19(26)11-12-25-14-23-20-15(2)5-4-6-18(20)21(25)27/h4-10,14H,3,11-13H2,1-2H3,(H,24,26). The zero-order chi connectivity index (χ0) is 20.8. The molecule has 7 nitrogen and oxygen atoms in total. The Morgan fingerprint density at radius 2 is 1.90 bits per heavy atom. The molecule has 0 unspecified atom stereocenters. The van der Waals surface area contributed by atoms with Crippen LogP contribution in [-0.2, 0) is 16.1 Å². The highest BCUT2D eigenvalue weighted by Gasteiger charge is 2.10.